The van der Waals surface area contributed by atoms with Gasteiger partial charge in [-0.3, -0.25) is 16.7 Å². The zero-order valence-corrected chi connectivity index (χ0v) is 54.7. The maximum atomic E-state index is 16.9. The predicted molar refractivity (Wildman–Crippen MR) is 318 cm³/mol. The summed E-state index contributed by atoms with van der Waals surface area (Å²) in [5.41, 5.74) is -6.28. The molecule has 6 atom stereocenters. The molecule has 1 aliphatic carbocycles. The first kappa shape index (κ1) is 74.7. The summed E-state index contributed by atoms with van der Waals surface area (Å²) >= 11 is 0. The fourth-order valence-corrected chi connectivity index (χ4v) is 13.6. The third-order valence-corrected chi connectivity index (χ3v) is 19.6. The Kier molecular flexibility index (Phi) is 26.4. The molecule has 5 aromatic carbocycles. The van der Waals surface area contributed by atoms with E-state index in [9.17, 15) is 33.7 Å². The van der Waals surface area contributed by atoms with Crippen molar-refractivity contribution in [3.63, 3.8) is 0 Å². The summed E-state index contributed by atoms with van der Waals surface area (Å²) in [6.07, 6.45) is -2.66. The molecule has 0 fully saturated rings. The molecule has 6 unspecified atom stereocenters. The molecule has 0 amide bonds. The van der Waals surface area contributed by atoms with Crippen LogP contribution < -0.4 is 9.47 Å². The Hall–Kier alpha value is -5.38. The SMILES string of the molecule is CCCCOCC(C)OS(=O)(=O)c1ccc2c(OC3=C(F)C(F)C(C)(c4c(F)c(F)c(Oc5cc(S(=O)(=O)OC(C)COCCCC)cc6cc(S(=O)(=O)OC(C)COCCCC)ccc56)c(F)c4F)C(F)=C3F)cc(S(=O)(=O)OC(C)COCCCC)cc2c1. The van der Waals surface area contributed by atoms with E-state index in [1.54, 1.807) is 0 Å². The van der Waals surface area contributed by atoms with Crippen molar-refractivity contribution in [1.82, 2.24) is 0 Å². The summed E-state index contributed by atoms with van der Waals surface area (Å²) in [5, 5.41) is -1.47. The number of fused-ring (bicyclic) bond motifs is 2. The fraction of sp³-hybridized carbons (Fsp3) is 0.508. The molecule has 0 radical (unpaired) electrons. The molecule has 0 aromatic heterocycles. The molecule has 0 bridgehead atoms. The number of hydrogen-bond acceptors (Lipinski definition) is 18. The van der Waals surface area contributed by atoms with Gasteiger partial charge < -0.3 is 28.4 Å². The average molecular weight is 1380 g/mol. The Bertz CT molecular complexity index is 3890. The number of rotatable bonds is 37. The first-order valence-corrected chi connectivity index (χ1v) is 34.9. The van der Waals surface area contributed by atoms with Gasteiger partial charge in [0.25, 0.3) is 40.5 Å². The second-order valence-corrected chi connectivity index (χ2v) is 28.1. The van der Waals surface area contributed by atoms with Crippen LogP contribution in [0.1, 0.15) is 119 Å². The van der Waals surface area contributed by atoms with Crippen LogP contribution in [0.3, 0.4) is 0 Å². The number of benzene rings is 5. The number of alkyl halides is 1. The molecule has 0 aliphatic heterocycles. The molecule has 0 saturated carbocycles. The van der Waals surface area contributed by atoms with Gasteiger partial charge in [0.1, 0.15) is 11.5 Å². The Morgan fingerprint density at radius 3 is 1.11 bits per heavy atom. The topological polar surface area (TPSA) is 229 Å². The van der Waals surface area contributed by atoms with Crippen LogP contribution in [0.5, 0.6) is 17.2 Å². The second-order valence-electron chi connectivity index (χ2n) is 21.8. The first-order valence-electron chi connectivity index (χ1n) is 29.3. The lowest BCUT2D eigenvalue weighted by Gasteiger charge is -2.35. The quantitative estimate of drug-likeness (QED) is 0.0156. The van der Waals surface area contributed by atoms with Crippen molar-refractivity contribution in [1.29, 1.82) is 0 Å². The van der Waals surface area contributed by atoms with E-state index in [1.807, 2.05) is 27.7 Å². The summed E-state index contributed by atoms with van der Waals surface area (Å²) in [4.78, 5) is -2.92. The van der Waals surface area contributed by atoms with Gasteiger partial charge in [0.05, 0.1) is 75.8 Å². The third kappa shape index (κ3) is 18.1. The first-order chi connectivity index (χ1) is 42.8. The highest BCUT2D eigenvalue weighted by Gasteiger charge is 2.55. The fourth-order valence-electron chi connectivity index (χ4n) is 9.14. The summed E-state index contributed by atoms with van der Waals surface area (Å²) in [6, 6.07) is 8.46. The Labute approximate surface area is 525 Å². The van der Waals surface area contributed by atoms with Crippen LogP contribution in [0, 0.1) is 23.3 Å². The summed E-state index contributed by atoms with van der Waals surface area (Å²) in [6.45, 7) is 13.4. The van der Waals surface area contributed by atoms with E-state index in [0.29, 0.717) is 51.0 Å². The van der Waals surface area contributed by atoms with E-state index in [-0.39, 0.29) is 68.1 Å². The van der Waals surface area contributed by atoms with Crippen molar-refractivity contribution in [2.24, 2.45) is 0 Å². The molecule has 18 nitrogen and oxygen atoms in total. The minimum atomic E-state index is -4.98. The molecular weight excluding hydrogens is 1300 g/mol. The Balaban J connectivity index is 1.42. The van der Waals surface area contributed by atoms with Crippen LogP contribution in [0.15, 0.2) is 103 Å². The molecule has 0 N–H and O–H groups in total. The normalized spacial score (nSPS) is 17.5. The van der Waals surface area contributed by atoms with Crippen LogP contribution in [0.2, 0.25) is 0 Å². The van der Waals surface area contributed by atoms with Crippen molar-refractivity contribution in [2.45, 2.75) is 169 Å². The summed E-state index contributed by atoms with van der Waals surface area (Å²) in [7, 11) is -19.3. The minimum absolute atomic E-state index is 0.145. The lowest BCUT2D eigenvalue weighted by atomic mass is 9.73. The molecule has 0 spiro atoms. The maximum absolute atomic E-state index is 16.9. The lowest BCUT2D eigenvalue weighted by Crippen LogP contribution is -2.41. The van der Waals surface area contributed by atoms with Gasteiger partial charge in [-0.2, -0.15) is 46.8 Å². The van der Waals surface area contributed by atoms with E-state index in [0.717, 1.165) is 74.2 Å². The van der Waals surface area contributed by atoms with E-state index in [1.165, 1.54) is 27.7 Å². The van der Waals surface area contributed by atoms with E-state index < -0.39 is 165 Å². The highest BCUT2D eigenvalue weighted by atomic mass is 32.2. The van der Waals surface area contributed by atoms with Gasteiger partial charge in [0, 0.05) is 54.9 Å². The van der Waals surface area contributed by atoms with Crippen LogP contribution in [-0.2, 0) is 81.6 Å². The zero-order chi connectivity index (χ0) is 67.4. The van der Waals surface area contributed by atoms with Gasteiger partial charge in [-0.1, -0.05) is 53.4 Å². The third-order valence-electron chi connectivity index (χ3n) is 14.0. The second kappa shape index (κ2) is 32.2. The minimum Gasteiger partial charge on any atom is -0.451 e. The molecule has 0 saturated heterocycles. The molecule has 1 aliphatic rings. The number of ether oxygens (including phenoxy) is 6. The van der Waals surface area contributed by atoms with Crippen molar-refractivity contribution >= 4 is 62.0 Å². The molecule has 506 valence electrons. The molecule has 6 rings (SSSR count). The van der Waals surface area contributed by atoms with E-state index in [2.05, 4.69) is 0 Å². The van der Waals surface area contributed by atoms with Gasteiger partial charge in [0.15, 0.2) is 35.2 Å². The summed E-state index contributed by atoms with van der Waals surface area (Å²) in [5.74, 6) is -24.2. The van der Waals surface area contributed by atoms with Crippen LogP contribution >= 0.6 is 0 Å². The van der Waals surface area contributed by atoms with Crippen molar-refractivity contribution in [3.8, 4) is 17.2 Å². The predicted octanol–water partition coefficient (Wildman–Crippen LogP) is 14.0. The molecular formula is C61H74F8O18S4. The largest absolute Gasteiger partial charge is 0.451 e. The molecule has 5 aromatic rings. The van der Waals surface area contributed by atoms with E-state index >= 15 is 35.1 Å². The van der Waals surface area contributed by atoms with Crippen LogP contribution in [-0.4, -0.2) is 117 Å². The van der Waals surface area contributed by atoms with Crippen molar-refractivity contribution < 1.29 is 114 Å². The Morgan fingerprint density at radius 1 is 0.451 bits per heavy atom. The molecule has 0 heterocycles. The van der Waals surface area contributed by atoms with Crippen molar-refractivity contribution in [2.75, 3.05) is 52.9 Å². The highest BCUT2D eigenvalue weighted by molar-refractivity contribution is 7.87. The van der Waals surface area contributed by atoms with Gasteiger partial charge in [-0.25, -0.2) is 22.0 Å². The van der Waals surface area contributed by atoms with Gasteiger partial charge in [-0.05, 0) is 120 Å². The van der Waals surface area contributed by atoms with Gasteiger partial charge in [-0.15, -0.1) is 0 Å². The van der Waals surface area contributed by atoms with E-state index in [4.69, 9.17) is 45.2 Å². The average Bonchev–Trinajstić information content (AvgIpc) is 0.725. The number of allylic oxidation sites excluding steroid dienone is 3. The lowest BCUT2D eigenvalue weighted by molar-refractivity contribution is 0.0601. The summed E-state index contributed by atoms with van der Waals surface area (Å²) < 4.78 is 297. The number of unbranched alkanes of at least 4 members (excludes halogenated alkanes) is 4. The van der Waals surface area contributed by atoms with Crippen LogP contribution in [0.25, 0.3) is 21.5 Å². The number of hydrogen-bond donors (Lipinski definition) is 0. The molecule has 91 heavy (non-hydrogen) atoms. The standard InChI is InChI=1S/C61H74F8O18S4/c1-10-14-22-78-32-36(5)84-88(70,71)42-18-20-46-40(26-42)28-44(90(74,75)86-38(7)34-80-24-16-12-3)30-48(46)82-57-53(64)51(62)50(52(63)54(57)65)61(9)59(68)55(66)58(56(67)60(61)69)83-49-31-45(91(76,77)87-39(8)35-81-25-17-13-4)29-41-27-43(19-21-47(41)49)89(72,73)85-37(6)33-79-23-15-11-2/h18-21,26-31,36-39,59H,10-17,22-25,32-35H2,1-9H3. The molecule has 30 heteroatoms. The highest BCUT2D eigenvalue weighted by Crippen LogP contribution is 2.53. The Morgan fingerprint density at radius 2 is 0.769 bits per heavy atom. The van der Waals surface area contributed by atoms with Crippen molar-refractivity contribution in [3.05, 3.63) is 113 Å². The zero-order valence-electron chi connectivity index (χ0n) is 51.5. The monoisotopic (exact) mass is 1370 g/mol. The maximum Gasteiger partial charge on any atom is 0.297 e. The number of halogens is 8. The van der Waals surface area contributed by atoms with Gasteiger partial charge in [0.2, 0.25) is 23.2 Å². The van der Waals surface area contributed by atoms with Crippen LogP contribution in [0.4, 0.5) is 35.1 Å². The smallest absolute Gasteiger partial charge is 0.297 e. The van der Waals surface area contributed by atoms with Gasteiger partial charge >= 0.3 is 0 Å².